The van der Waals surface area contributed by atoms with Crippen molar-refractivity contribution in [1.82, 2.24) is 0 Å². The van der Waals surface area contributed by atoms with Crippen LogP contribution in [0, 0.1) is 0 Å². The number of methoxy groups -OCH3 is 1. The molecule has 5 nitrogen and oxygen atoms in total. The molecule has 2 aromatic heterocycles. The molecule has 0 aromatic carbocycles. The molecular formula is C16H15NO4S. The second-order valence-electron chi connectivity index (χ2n) is 4.89. The molecule has 22 heavy (non-hydrogen) atoms. The predicted molar refractivity (Wildman–Crippen MR) is 84.1 cm³/mol. The molecule has 2 aromatic rings. The molecule has 0 atom stereocenters. The molecule has 3 rings (SSSR count). The highest BCUT2D eigenvalue weighted by atomic mass is 32.1. The van der Waals surface area contributed by atoms with Crippen LogP contribution in [0.3, 0.4) is 0 Å². The largest absolute Gasteiger partial charge is 0.465 e. The Hall–Kier alpha value is -2.34. The smallest absolute Gasteiger partial charge is 0.341 e. The van der Waals surface area contributed by atoms with E-state index in [1.54, 1.807) is 18.2 Å². The fourth-order valence-corrected chi connectivity index (χ4v) is 3.79. The van der Waals surface area contributed by atoms with Gasteiger partial charge >= 0.3 is 5.97 Å². The number of rotatable bonds is 4. The third-order valence-corrected chi connectivity index (χ3v) is 4.70. The van der Waals surface area contributed by atoms with Gasteiger partial charge in [-0.2, -0.15) is 0 Å². The lowest BCUT2D eigenvalue weighted by molar-refractivity contribution is -0.111. The standard InChI is InChI=1S/C16H15NO4S/c1-20-16(19)14-11-5-2-6-12(11)22-15(14)17-13(18)8-7-10-4-3-9-21-10/h3-4,7-9H,2,5-6H2,1H3,(H,17,18)/b8-7+. The van der Waals surface area contributed by atoms with Gasteiger partial charge in [0.1, 0.15) is 10.8 Å². The number of amides is 1. The summed E-state index contributed by atoms with van der Waals surface area (Å²) < 4.78 is 9.97. The maximum absolute atomic E-state index is 12.0. The SMILES string of the molecule is COC(=O)c1c(NC(=O)/C=C/c2ccco2)sc2c1CCC2. The monoisotopic (exact) mass is 317 g/mol. The number of fused-ring (bicyclic) bond motifs is 1. The van der Waals surface area contributed by atoms with E-state index in [1.807, 2.05) is 0 Å². The Labute approximate surface area is 131 Å². The van der Waals surface area contributed by atoms with E-state index >= 15 is 0 Å². The highest BCUT2D eigenvalue weighted by molar-refractivity contribution is 7.17. The second kappa shape index (κ2) is 6.19. The zero-order valence-corrected chi connectivity index (χ0v) is 12.9. The van der Waals surface area contributed by atoms with Crippen LogP contribution >= 0.6 is 11.3 Å². The van der Waals surface area contributed by atoms with Gasteiger partial charge in [-0.25, -0.2) is 4.79 Å². The number of anilines is 1. The lowest BCUT2D eigenvalue weighted by atomic mass is 10.1. The van der Waals surface area contributed by atoms with E-state index in [4.69, 9.17) is 9.15 Å². The van der Waals surface area contributed by atoms with Crippen molar-refractivity contribution < 1.29 is 18.7 Å². The van der Waals surface area contributed by atoms with Crippen LogP contribution in [0.2, 0.25) is 0 Å². The normalized spacial score (nSPS) is 13.3. The molecule has 1 aliphatic carbocycles. The number of furan rings is 1. The molecule has 0 saturated heterocycles. The van der Waals surface area contributed by atoms with Gasteiger partial charge in [-0.1, -0.05) is 0 Å². The molecule has 0 unspecified atom stereocenters. The number of esters is 1. The van der Waals surface area contributed by atoms with E-state index in [1.165, 1.54) is 30.8 Å². The minimum Gasteiger partial charge on any atom is -0.465 e. The highest BCUT2D eigenvalue weighted by Gasteiger charge is 2.27. The van der Waals surface area contributed by atoms with E-state index in [0.29, 0.717) is 16.3 Å². The molecule has 114 valence electrons. The lowest BCUT2D eigenvalue weighted by Gasteiger charge is -2.04. The molecule has 6 heteroatoms. The quantitative estimate of drug-likeness (QED) is 0.694. The van der Waals surface area contributed by atoms with Crippen LogP contribution in [-0.2, 0) is 22.4 Å². The zero-order chi connectivity index (χ0) is 15.5. The molecule has 1 amide bonds. The summed E-state index contributed by atoms with van der Waals surface area (Å²) >= 11 is 1.45. The van der Waals surface area contributed by atoms with Crippen molar-refractivity contribution in [3.8, 4) is 0 Å². The molecule has 0 saturated carbocycles. The minimum atomic E-state index is -0.398. The highest BCUT2D eigenvalue weighted by Crippen LogP contribution is 2.39. The maximum Gasteiger partial charge on any atom is 0.341 e. The van der Waals surface area contributed by atoms with E-state index in [-0.39, 0.29) is 5.91 Å². The fraction of sp³-hybridized carbons (Fsp3) is 0.250. The molecule has 2 heterocycles. The summed E-state index contributed by atoms with van der Waals surface area (Å²) in [5.74, 6) is -0.108. The Kier molecular flexibility index (Phi) is 4.11. The number of thiophene rings is 1. The van der Waals surface area contributed by atoms with Gasteiger partial charge in [0.15, 0.2) is 0 Å². The number of hydrogen-bond acceptors (Lipinski definition) is 5. The third kappa shape index (κ3) is 2.82. The average Bonchev–Trinajstić information content (AvgIpc) is 3.21. The summed E-state index contributed by atoms with van der Waals surface area (Å²) in [5, 5.41) is 3.33. The van der Waals surface area contributed by atoms with Crippen LogP contribution < -0.4 is 5.32 Å². The lowest BCUT2D eigenvalue weighted by Crippen LogP contribution is -2.12. The molecular weight excluding hydrogens is 302 g/mol. The topological polar surface area (TPSA) is 68.5 Å². The summed E-state index contributed by atoms with van der Waals surface area (Å²) in [5.41, 5.74) is 1.52. The summed E-state index contributed by atoms with van der Waals surface area (Å²) in [6.45, 7) is 0. The third-order valence-electron chi connectivity index (χ3n) is 3.49. The van der Waals surface area contributed by atoms with Crippen molar-refractivity contribution in [2.24, 2.45) is 0 Å². The van der Waals surface area contributed by atoms with Gasteiger partial charge in [-0.05, 0) is 43.0 Å². The summed E-state index contributed by atoms with van der Waals surface area (Å²) in [7, 11) is 1.35. The van der Waals surface area contributed by atoms with Gasteiger partial charge in [-0.15, -0.1) is 11.3 Å². The zero-order valence-electron chi connectivity index (χ0n) is 12.0. The Morgan fingerprint density at radius 2 is 2.27 bits per heavy atom. The molecule has 0 fully saturated rings. The number of ether oxygens (including phenoxy) is 1. The number of nitrogens with one attached hydrogen (secondary N) is 1. The van der Waals surface area contributed by atoms with Crippen molar-refractivity contribution in [1.29, 1.82) is 0 Å². The Morgan fingerprint density at radius 3 is 3.00 bits per heavy atom. The van der Waals surface area contributed by atoms with Crippen molar-refractivity contribution in [3.63, 3.8) is 0 Å². The van der Waals surface area contributed by atoms with Crippen LogP contribution in [0.5, 0.6) is 0 Å². The first-order valence-corrected chi connectivity index (χ1v) is 7.76. The van der Waals surface area contributed by atoms with Crippen LogP contribution in [0.25, 0.3) is 6.08 Å². The number of carbonyl (C=O) groups is 2. The van der Waals surface area contributed by atoms with Crippen LogP contribution in [0.1, 0.15) is 33.0 Å². The second-order valence-corrected chi connectivity index (χ2v) is 6.00. The van der Waals surface area contributed by atoms with Crippen molar-refractivity contribution in [2.75, 3.05) is 12.4 Å². The minimum absolute atomic E-state index is 0.304. The Balaban J connectivity index is 1.80. The average molecular weight is 317 g/mol. The van der Waals surface area contributed by atoms with Gasteiger partial charge in [0, 0.05) is 11.0 Å². The van der Waals surface area contributed by atoms with Gasteiger partial charge in [0.25, 0.3) is 0 Å². The van der Waals surface area contributed by atoms with E-state index < -0.39 is 5.97 Å². The van der Waals surface area contributed by atoms with E-state index in [2.05, 4.69) is 5.32 Å². The van der Waals surface area contributed by atoms with Gasteiger partial charge in [0.2, 0.25) is 5.91 Å². The fourth-order valence-electron chi connectivity index (χ4n) is 2.51. The molecule has 0 bridgehead atoms. The van der Waals surface area contributed by atoms with Gasteiger partial charge in [0.05, 0.1) is 18.9 Å². The molecule has 0 aliphatic heterocycles. The molecule has 0 spiro atoms. The molecule has 1 N–H and O–H groups in total. The van der Waals surface area contributed by atoms with Gasteiger partial charge in [-0.3, -0.25) is 4.79 Å². The van der Waals surface area contributed by atoms with Crippen LogP contribution in [0.4, 0.5) is 5.00 Å². The predicted octanol–water partition coefficient (Wildman–Crippen LogP) is 3.27. The Morgan fingerprint density at radius 1 is 1.41 bits per heavy atom. The number of carbonyl (C=O) groups excluding carboxylic acids is 2. The number of aryl methyl sites for hydroxylation is 1. The van der Waals surface area contributed by atoms with Gasteiger partial charge < -0.3 is 14.5 Å². The van der Waals surface area contributed by atoms with E-state index in [0.717, 1.165) is 29.7 Å². The summed E-state index contributed by atoms with van der Waals surface area (Å²) in [4.78, 5) is 25.2. The van der Waals surface area contributed by atoms with Crippen LogP contribution in [-0.4, -0.2) is 19.0 Å². The maximum atomic E-state index is 12.0. The van der Waals surface area contributed by atoms with Crippen molar-refractivity contribution in [2.45, 2.75) is 19.3 Å². The van der Waals surface area contributed by atoms with Crippen molar-refractivity contribution >= 4 is 34.3 Å². The Bertz CT molecular complexity index is 728. The first-order valence-electron chi connectivity index (χ1n) is 6.94. The first kappa shape index (κ1) is 14.6. The molecule has 0 radical (unpaired) electrons. The van der Waals surface area contributed by atoms with E-state index in [9.17, 15) is 9.59 Å². The summed E-state index contributed by atoms with van der Waals surface area (Å²) in [6, 6.07) is 3.50. The van der Waals surface area contributed by atoms with Crippen molar-refractivity contribution in [3.05, 3.63) is 46.2 Å². The summed E-state index contributed by atoms with van der Waals surface area (Å²) in [6.07, 6.45) is 7.34. The molecule has 1 aliphatic rings. The van der Waals surface area contributed by atoms with Crippen LogP contribution in [0.15, 0.2) is 28.9 Å². The first-order chi connectivity index (χ1) is 10.7. The number of hydrogen-bond donors (Lipinski definition) is 1.